The molecular weight excluding hydrogens is 416 g/mol. The van der Waals surface area contributed by atoms with Gasteiger partial charge in [-0.15, -0.1) is 11.8 Å². The Kier molecular flexibility index (Phi) is 5.96. The Morgan fingerprint density at radius 3 is 2.73 bits per heavy atom. The minimum absolute atomic E-state index is 0.231. The number of ether oxygens (including phenoxy) is 1. The second kappa shape index (κ2) is 8.81. The molecular formula is C22H20N4O2S2. The van der Waals surface area contributed by atoms with Gasteiger partial charge in [0.25, 0.3) is 0 Å². The highest BCUT2D eigenvalue weighted by Gasteiger charge is 2.21. The summed E-state index contributed by atoms with van der Waals surface area (Å²) in [5, 5.41) is 5.34. The van der Waals surface area contributed by atoms with Gasteiger partial charge in [-0.25, -0.2) is 14.5 Å². The van der Waals surface area contributed by atoms with Gasteiger partial charge < -0.3 is 4.74 Å². The maximum atomic E-state index is 12.4. The van der Waals surface area contributed by atoms with Crippen molar-refractivity contribution < 1.29 is 9.53 Å². The van der Waals surface area contributed by atoms with Crippen LogP contribution in [-0.4, -0.2) is 37.3 Å². The summed E-state index contributed by atoms with van der Waals surface area (Å²) in [6.45, 7) is 4.05. The Balaban J connectivity index is 1.79. The van der Waals surface area contributed by atoms with Crippen LogP contribution in [0.25, 0.3) is 27.8 Å². The molecule has 0 atom stereocenters. The molecule has 0 saturated carbocycles. The van der Waals surface area contributed by atoms with Crippen molar-refractivity contribution in [3.05, 3.63) is 71.4 Å². The highest BCUT2D eigenvalue weighted by Crippen LogP contribution is 2.29. The van der Waals surface area contributed by atoms with Crippen LogP contribution in [0.5, 0.6) is 0 Å². The molecule has 2 aromatic heterocycles. The van der Waals surface area contributed by atoms with E-state index in [2.05, 4.69) is 15.5 Å². The van der Waals surface area contributed by atoms with Crippen molar-refractivity contribution in [3.63, 3.8) is 0 Å². The average molecular weight is 437 g/mol. The van der Waals surface area contributed by atoms with Crippen molar-refractivity contribution in [2.45, 2.75) is 13.8 Å². The standard InChI is InChI=1S/C22H20N4O2S2/c1-14-7-6-9-16(11-14)21-23-20(25-30-21)19-12-17(22(27)28-13-29-3)24-26(19)18-10-5-4-8-15(18)2/h4-12H,13H2,1-3H3. The summed E-state index contributed by atoms with van der Waals surface area (Å²) in [4.78, 5) is 17.2. The second-order valence-corrected chi connectivity index (χ2v) is 8.31. The van der Waals surface area contributed by atoms with E-state index in [0.29, 0.717) is 11.5 Å². The number of hydrogen-bond donors (Lipinski definition) is 0. The van der Waals surface area contributed by atoms with Crippen LogP contribution >= 0.6 is 23.3 Å². The third kappa shape index (κ3) is 4.15. The van der Waals surface area contributed by atoms with Gasteiger partial charge in [0, 0.05) is 11.6 Å². The zero-order valence-electron chi connectivity index (χ0n) is 16.8. The Morgan fingerprint density at radius 2 is 1.97 bits per heavy atom. The van der Waals surface area contributed by atoms with Crippen LogP contribution < -0.4 is 0 Å². The summed E-state index contributed by atoms with van der Waals surface area (Å²) in [7, 11) is 0. The van der Waals surface area contributed by atoms with Gasteiger partial charge in [0.15, 0.2) is 11.5 Å². The van der Waals surface area contributed by atoms with Crippen LogP contribution in [0.1, 0.15) is 21.6 Å². The normalized spacial score (nSPS) is 10.9. The minimum Gasteiger partial charge on any atom is -0.450 e. The maximum Gasteiger partial charge on any atom is 0.359 e. The van der Waals surface area contributed by atoms with E-state index in [9.17, 15) is 4.79 Å². The number of aryl methyl sites for hydroxylation is 2. The molecule has 30 heavy (non-hydrogen) atoms. The number of para-hydroxylation sites is 1. The van der Waals surface area contributed by atoms with E-state index < -0.39 is 5.97 Å². The predicted molar refractivity (Wildman–Crippen MR) is 121 cm³/mol. The van der Waals surface area contributed by atoms with Gasteiger partial charge in [0.05, 0.1) is 5.69 Å². The van der Waals surface area contributed by atoms with Crippen LogP contribution in [0.4, 0.5) is 0 Å². The monoisotopic (exact) mass is 436 g/mol. The first kappa shape index (κ1) is 20.3. The molecule has 2 aromatic carbocycles. The van der Waals surface area contributed by atoms with Crippen molar-refractivity contribution in [1.82, 2.24) is 19.1 Å². The lowest BCUT2D eigenvalue weighted by Gasteiger charge is -2.08. The smallest absolute Gasteiger partial charge is 0.359 e. The summed E-state index contributed by atoms with van der Waals surface area (Å²) in [6, 6.07) is 17.7. The van der Waals surface area contributed by atoms with Gasteiger partial charge >= 0.3 is 5.97 Å². The summed E-state index contributed by atoms with van der Waals surface area (Å²) in [6.07, 6.45) is 1.87. The van der Waals surface area contributed by atoms with Crippen molar-refractivity contribution in [2.75, 3.05) is 12.2 Å². The van der Waals surface area contributed by atoms with Gasteiger partial charge in [-0.2, -0.15) is 9.47 Å². The first-order valence-corrected chi connectivity index (χ1v) is 11.5. The summed E-state index contributed by atoms with van der Waals surface area (Å²) >= 11 is 2.76. The van der Waals surface area contributed by atoms with Gasteiger partial charge in [-0.1, -0.05) is 42.0 Å². The topological polar surface area (TPSA) is 69.9 Å². The third-order valence-corrected chi connectivity index (χ3v) is 5.61. The van der Waals surface area contributed by atoms with E-state index in [-0.39, 0.29) is 11.6 Å². The minimum atomic E-state index is -0.466. The SMILES string of the molecule is CSCOC(=O)c1cc(-c2nsc(-c3cccc(C)c3)n2)n(-c2ccccc2C)n1. The van der Waals surface area contributed by atoms with Crippen molar-refractivity contribution in [2.24, 2.45) is 0 Å². The third-order valence-electron chi connectivity index (χ3n) is 4.49. The Morgan fingerprint density at radius 1 is 1.13 bits per heavy atom. The Bertz CT molecular complexity index is 1200. The molecule has 2 heterocycles. The number of hydrogen-bond acceptors (Lipinski definition) is 7. The molecule has 8 heteroatoms. The van der Waals surface area contributed by atoms with Crippen molar-refractivity contribution in [1.29, 1.82) is 0 Å². The maximum absolute atomic E-state index is 12.4. The first-order valence-electron chi connectivity index (χ1n) is 9.30. The lowest BCUT2D eigenvalue weighted by molar-refractivity contribution is 0.0572. The molecule has 0 aliphatic carbocycles. The molecule has 0 N–H and O–H groups in total. The van der Waals surface area contributed by atoms with Gasteiger partial charge in [-0.05, 0) is 49.3 Å². The number of carbonyl (C=O) groups excluding carboxylic acids is 1. The predicted octanol–water partition coefficient (Wildman–Crippen LogP) is 5.15. The number of carbonyl (C=O) groups is 1. The van der Waals surface area contributed by atoms with E-state index >= 15 is 0 Å². The Labute approximate surface area is 183 Å². The molecule has 4 rings (SSSR count). The number of esters is 1. The van der Waals surface area contributed by atoms with E-state index in [0.717, 1.165) is 27.4 Å². The summed E-state index contributed by atoms with van der Waals surface area (Å²) < 4.78 is 11.5. The van der Waals surface area contributed by atoms with Crippen LogP contribution in [0.2, 0.25) is 0 Å². The second-order valence-electron chi connectivity index (χ2n) is 6.74. The van der Waals surface area contributed by atoms with Crippen LogP contribution in [0.3, 0.4) is 0 Å². The lowest BCUT2D eigenvalue weighted by Crippen LogP contribution is -2.07. The summed E-state index contributed by atoms with van der Waals surface area (Å²) in [5.41, 5.74) is 4.95. The van der Waals surface area contributed by atoms with Crippen LogP contribution in [-0.2, 0) is 4.74 Å². The quantitative estimate of drug-likeness (QED) is 0.307. The largest absolute Gasteiger partial charge is 0.450 e. The average Bonchev–Trinajstić information content (AvgIpc) is 3.40. The highest BCUT2D eigenvalue weighted by molar-refractivity contribution is 7.98. The summed E-state index contributed by atoms with van der Waals surface area (Å²) in [5.74, 6) is 0.334. The first-order chi connectivity index (χ1) is 14.6. The van der Waals surface area contributed by atoms with Gasteiger partial charge in [0.2, 0.25) is 0 Å². The zero-order chi connectivity index (χ0) is 21.1. The number of nitrogens with zero attached hydrogens (tertiary/aromatic N) is 4. The molecule has 0 spiro atoms. The molecule has 6 nitrogen and oxygen atoms in total. The van der Waals surface area contributed by atoms with Crippen molar-refractivity contribution in [3.8, 4) is 27.8 Å². The Hall–Kier alpha value is -2.97. The zero-order valence-corrected chi connectivity index (χ0v) is 18.5. The molecule has 0 aliphatic heterocycles. The number of thioether (sulfide) groups is 1. The molecule has 4 aromatic rings. The van der Waals surface area contributed by atoms with E-state index in [4.69, 9.17) is 9.72 Å². The van der Waals surface area contributed by atoms with Gasteiger partial charge in [0.1, 0.15) is 16.6 Å². The lowest BCUT2D eigenvalue weighted by atomic mass is 10.1. The fourth-order valence-corrected chi connectivity index (χ4v) is 3.93. The molecule has 0 radical (unpaired) electrons. The highest BCUT2D eigenvalue weighted by atomic mass is 32.2. The van der Waals surface area contributed by atoms with Crippen LogP contribution in [0, 0.1) is 13.8 Å². The molecule has 152 valence electrons. The van der Waals surface area contributed by atoms with Gasteiger partial charge in [-0.3, -0.25) is 0 Å². The van der Waals surface area contributed by atoms with E-state index in [1.165, 1.54) is 23.3 Å². The van der Waals surface area contributed by atoms with Crippen LogP contribution in [0.15, 0.2) is 54.6 Å². The van der Waals surface area contributed by atoms with Crippen molar-refractivity contribution >= 4 is 29.3 Å². The number of benzene rings is 2. The molecule has 0 fully saturated rings. The molecule has 0 saturated heterocycles. The fraction of sp³-hybridized carbons (Fsp3) is 0.182. The molecule has 0 bridgehead atoms. The van der Waals surface area contributed by atoms with E-state index in [1.807, 2.05) is 62.6 Å². The molecule has 0 aliphatic rings. The number of aromatic nitrogens is 4. The molecule has 0 unspecified atom stereocenters. The molecule has 0 amide bonds. The number of rotatable bonds is 6. The van der Waals surface area contributed by atoms with E-state index in [1.54, 1.807) is 10.7 Å². The fourth-order valence-electron chi connectivity index (χ4n) is 3.03.